The lowest BCUT2D eigenvalue weighted by Crippen LogP contribution is -2.24. The highest BCUT2D eigenvalue weighted by Crippen LogP contribution is 2.23. The monoisotopic (exact) mass is 1170 g/mol. The number of rotatable bonds is 8. The molecule has 0 aliphatic carbocycles. The van der Waals surface area contributed by atoms with Gasteiger partial charge in [-0.15, -0.1) is 0 Å². The number of nitrogens with one attached hydrogen (secondary N) is 2. The third-order valence-electron chi connectivity index (χ3n) is 11.6. The third-order valence-corrected chi connectivity index (χ3v) is 16.3. The maximum Gasteiger partial charge on any atom is 0.338 e. The number of amides is 2. The summed E-state index contributed by atoms with van der Waals surface area (Å²) in [6, 6.07) is 37.6. The van der Waals surface area contributed by atoms with Crippen LogP contribution in [0.3, 0.4) is 0 Å². The Kier molecular flexibility index (Phi) is 25.1. The summed E-state index contributed by atoms with van der Waals surface area (Å²) in [6.07, 6.45) is 3.50. The Morgan fingerprint density at radius 1 is 0.378 bits per heavy atom. The molecule has 6 aromatic carbocycles. The summed E-state index contributed by atoms with van der Waals surface area (Å²) in [7, 11) is 5.94. The van der Waals surface area contributed by atoms with E-state index in [0.29, 0.717) is 114 Å². The summed E-state index contributed by atoms with van der Waals surface area (Å²) >= 11 is 0. The molecule has 0 saturated heterocycles. The molecule has 2 N–H and O–H groups in total. The lowest BCUT2D eigenvalue weighted by atomic mass is 10.0. The Labute approximate surface area is 494 Å². The molecular formula is C66H58N2O10S4. The first-order valence-corrected chi connectivity index (χ1v) is 31.5. The van der Waals surface area contributed by atoms with E-state index < -0.39 is 23.9 Å². The van der Waals surface area contributed by atoms with Crippen molar-refractivity contribution in [2.45, 2.75) is 39.5 Å². The van der Waals surface area contributed by atoms with E-state index in [9.17, 15) is 28.8 Å². The van der Waals surface area contributed by atoms with Gasteiger partial charge in [0.15, 0.2) is 0 Å². The van der Waals surface area contributed by atoms with Gasteiger partial charge < -0.3 is 29.6 Å². The molecule has 0 unspecified atom stereocenters. The minimum Gasteiger partial charge on any atom is -0.461 e. The topological polar surface area (TPSA) is 163 Å². The molecule has 1 aliphatic heterocycles. The van der Waals surface area contributed by atoms with Gasteiger partial charge in [-0.2, -0.15) is 0 Å². The van der Waals surface area contributed by atoms with E-state index in [1.807, 2.05) is 13.8 Å². The second kappa shape index (κ2) is 33.5. The molecule has 0 aromatic heterocycles. The zero-order chi connectivity index (χ0) is 57.7. The molecule has 1 aliphatic rings. The number of carbonyl (C=O) groups excluding carboxylic acids is 6. The number of ether oxygens (including phenoxy) is 4. The van der Waals surface area contributed by atoms with Crippen LogP contribution >= 0.6 is 43.2 Å². The van der Waals surface area contributed by atoms with Crippen LogP contribution in [-0.2, 0) is 18.9 Å². The number of fused-ring (bicyclic) bond motifs is 12. The lowest BCUT2D eigenvalue weighted by Gasteiger charge is -2.07. The van der Waals surface area contributed by atoms with Crippen LogP contribution in [0.25, 0.3) is 0 Å². The molecule has 0 spiro atoms. The van der Waals surface area contributed by atoms with Crippen molar-refractivity contribution >= 4 is 78.9 Å². The summed E-state index contributed by atoms with van der Waals surface area (Å²) in [4.78, 5) is 78.8. The Hall–Kier alpha value is -8.22. The minimum absolute atomic E-state index is 0.156. The molecule has 1 heterocycles. The second-order valence-corrected chi connectivity index (χ2v) is 23.4. The van der Waals surface area contributed by atoms with Crippen molar-refractivity contribution in [1.82, 2.24) is 10.6 Å². The molecular weight excluding hydrogens is 1110 g/mol. The first-order valence-electron chi connectivity index (χ1n) is 26.6. The third kappa shape index (κ3) is 20.7. The summed E-state index contributed by atoms with van der Waals surface area (Å²) in [6.45, 7) is 5.75. The fourth-order valence-electron chi connectivity index (χ4n) is 7.48. The summed E-state index contributed by atoms with van der Waals surface area (Å²) in [5, 5.41) is 5.91. The van der Waals surface area contributed by atoms with Crippen LogP contribution in [0.1, 0.15) is 146 Å². The van der Waals surface area contributed by atoms with Crippen LogP contribution in [0.5, 0.6) is 0 Å². The molecule has 12 bridgehead atoms. The number of benzene rings is 6. The van der Waals surface area contributed by atoms with Crippen molar-refractivity contribution in [1.29, 1.82) is 0 Å². The molecule has 82 heavy (non-hydrogen) atoms. The smallest absolute Gasteiger partial charge is 0.338 e. The van der Waals surface area contributed by atoms with E-state index in [4.69, 9.17) is 18.9 Å². The van der Waals surface area contributed by atoms with E-state index in [1.165, 1.54) is 43.2 Å². The lowest BCUT2D eigenvalue weighted by molar-refractivity contribution is 0.0520. The van der Waals surface area contributed by atoms with Crippen molar-refractivity contribution < 1.29 is 47.7 Å². The number of esters is 4. The molecule has 7 rings (SSSR count). The van der Waals surface area contributed by atoms with Crippen molar-refractivity contribution in [2.24, 2.45) is 0 Å². The van der Waals surface area contributed by atoms with Crippen molar-refractivity contribution in [2.75, 3.05) is 62.5 Å². The quantitative estimate of drug-likeness (QED) is 0.0486. The summed E-state index contributed by atoms with van der Waals surface area (Å²) < 4.78 is 22.2. The van der Waals surface area contributed by atoms with Crippen molar-refractivity contribution in [3.05, 3.63) is 211 Å². The average molecular weight is 1170 g/mol. The molecule has 0 radical (unpaired) electrons. The molecule has 416 valence electrons. The van der Waals surface area contributed by atoms with Crippen LogP contribution in [0.2, 0.25) is 0 Å². The largest absolute Gasteiger partial charge is 0.461 e. The molecule has 16 heteroatoms. The summed E-state index contributed by atoms with van der Waals surface area (Å²) in [5.74, 6) is 24.5. The first-order chi connectivity index (χ1) is 40.0. The fourth-order valence-corrected chi connectivity index (χ4v) is 10.8. The molecule has 6 aromatic rings. The van der Waals surface area contributed by atoms with Gasteiger partial charge in [0.05, 0.1) is 22.3 Å². The van der Waals surface area contributed by atoms with E-state index in [0.717, 1.165) is 25.7 Å². The highest BCUT2D eigenvalue weighted by atomic mass is 33.1. The zero-order valence-corrected chi connectivity index (χ0v) is 48.6. The van der Waals surface area contributed by atoms with Crippen LogP contribution < -0.4 is 10.6 Å². The number of carbonyl (C=O) groups is 6. The second-order valence-electron chi connectivity index (χ2n) is 18.0. The SMILES string of the molecule is CCCCNC(=O)c1cc2cc(c1)C#Cc1cccc(c1)C(=O)OCCSSCCOC(=O)c1cccc(c1)C#Cc1cc(cc(C(=O)NCCCC)c1)C#Cc1cccc(c1)C(=O)OCCSSCCOC(=O)c1cccc(c1)C#C2. The predicted molar refractivity (Wildman–Crippen MR) is 328 cm³/mol. The molecule has 0 fully saturated rings. The van der Waals surface area contributed by atoms with Gasteiger partial charge in [0.2, 0.25) is 0 Å². The maximum absolute atomic E-state index is 13.3. The van der Waals surface area contributed by atoms with E-state index in [-0.39, 0.29) is 38.2 Å². The van der Waals surface area contributed by atoms with E-state index >= 15 is 0 Å². The summed E-state index contributed by atoms with van der Waals surface area (Å²) in [5.41, 5.74) is 6.52. The fraction of sp³-hybridized carbons (Fsp3) is 0.242. The van der Waals surface area contributed by atoms with Crippen molar-refractivity contribution in [3.8, 4) is 47.4 Å². The van der Waals surface area contributed by atoms with Gasteiger partial charge in [0.1, 0.15) is 26.4 Å². The van der Waals surface area contributed by atoms with Gasteiger partial charge in [-0.1, -0.05) is 141 Å². The Balaban J connectivity index is 1.06. The van der Waals surface area contributed by atoms with E-state index in [2.05, 4.69) is 58.0 Å². The zero-order valence-electron chi connectivity index (χ0n) is 45.3. The number of cyclic esters (lactones) is 4. The Morgan fingerprint density at radius 3 is 0.890 bits per heavy atom. The average Bonchev–Trinajstić information content (AvgIpc) is 3.63. The van der Waals surface area contributed by atoms with E-state index in [1.54, 1.807) is 133 Å². The number of hydrogen-bond acceptors (Lipinski definition) is 14. The van der Waals surface area contributed by atoms with Crippen LogP contribution in [0, 0.1) is 47.4 Å². The van der Waals surface area contributed by atoms with Gasteiger partial charge in [0, 0.05) is 91.7 Å². The highest BCUT2D eigenvalue weighted by Gasteiger charge is 2.14. The minimum atomic E-state index is -0.499. The van der Waals surface area contributed by atoms with Crippen molar-refractivity contribution in [3.63, 3.8) is 0 Å². The standard InChI is InChI=1S/C66H58N2O10S4/c1-3-5-27-67-61(69)59-43-51-23-19-47-11-7-15-55(39-47)63(71)75-29-33-79-81-35-31-77-65(73)57-17-9-13-49(41-57)21-25-53-38-54(46-60(45-53)62(70)68-28-6-4-2)26-22-50-14-10-18-58(42-50)66(74)78-32-36-82-80-34-30-76-64(72)56-16-8-12-48(40-56)20-24-52(37-51)44-59/h7-18,37-46H,3-6,27-36H2,1-2H3,(H,67,69)(H,68,70). The van der Waals surface area contributed by atoms with Crippen LogP contribution in [-0.4, -0.2) is 98.2 Å². The normalized spacial score (nSPS) is 13.8. The first kappa shape index (κ1) is 61.4. The van der Waals surface area contributed by atoms with Gasteiger partial charge in [-0.25, -0.2) is 19.2 Å². The maximum atomic E-state index is 13.3. The van der Waals surface area contributed by atoms with Gasteiger partial charge in [-0.3, -0.25) is 9.59 Å². The van der Waals surface area contributed by atoms with Crippen LogP contribution in [0.15, 0.2) is 133 Å². The number of unbranched alkanes of at least 4 members (excludes halogenated alkanes) is 2. The van der Waals surface area contributed by atoms with Gasteiger partial charge in [-0.05, 0) is 122 Å². The highest BCUT2D eigenvalue weighted by molar-refractivity contribution is 8.77. The molecule has 12 nitrogen and oxygen atoms in total. The van der Waals surface area contributed by atoms with Gasteiger partial charge in [0.25, 0.3) is 11.8 Å². The predicted octanol–water partition coefficient (Wildman–Crippen LogP) is 11.4. The van der Waals surface area contributed by atoms with Crippen LogP contribution in [0.4, 0.5) is 0 Å². The van der Waals surface area contributed by atoms with Gasteiger partial charge >= 0.3 is 23.9 Å². The molecule has 2 amide bonds. The number of hydrogen-bond donors (Lipinski definition) is 2. The Bertz CT molecular complexity index is 3120. The molecule has 0 saturated carbocycles. The molecule has 0 atom stereocenters. The Morgan fingerprint density at radius 2 is 0.634 bits per heavy atom.